The van der Waals surface area contributed by atoms with Gasteiger partial charge in [0.1, 0.15) is 0 Å². The second-order valence-electron chi connectivity index (χ2n) is 4.47. The van der Waals surface area contributed by atoms with Crippen molar-refractivity contribution < 1.29 is 9.53 Å². The number of ether oxygens (including phenoxy) is 1. The topological polar surface area (TPSA) is 58.8 Å². The predicted molar refractivity (Wildman–Crippen MR) is 77.3 cm³/mol. The fourth-order valence-electron chi connectivity index (χ4n) is 1.73. The molecule has 2 N–H and O–H groups in total. The molecule has 0 saturated carbocycles. The van der Waals surface area contributed by atoms with E-state index in [1.807, 2.05) is 43.3 Å². The Hall–Kier alpha value is -1.75. The van der Waals surface area contributed by atoms with Gasteiger partial charge in [-0.05, 0) is 24.6 Å². The summed E-state index contributed by atoms with van der Waals surface area (Å²) >= 11 is 0. The van der Waals surface area contributed by atoms with Gasteiger partial charge in [0.05, 0.1) is 6.61 Å². The van der Waals surface area contributed by atoms with Crippen LogP contribution in [-0.2, 0) is 11.3 Å². The molecule has 0 radical (unpaired) electrons. The van der Waals surface area contributed by atoms with Crippen molar-refractivity contribution in [1.29, 1.82) is 0 Å². The van der Waals surface area contributed by atoms with E-state index in [0.29, 0.717) is 26.2 Å². The van der Waals surface area contributed by atoms with Crippen LogP contribution in [-0.4, -0.2) is 44.8 Å². The number of hydrogen-bond acceptors (Lipinski definition) is 4. The second kappa shape index (κ2) is 7.63. The fourth-order valence-corrected chi connectivity index (χ4v) is 1.73. The summed E-state index contributed by atoms with van der Waals surface area (Å²) in [5.74, 6) is 0. The smallest absolute Gasteiger partial charge is 0.410 e. The summed E-state index contributed by atoms with van der Waals surface area (Å²) in [7, 11) is 3.99. The number of anilines is 1. The van der Waals surface area contributed by atoms with E-state index in [0.717, 1.165) is 11.3 Å². The minimum Gasteiger partial charge on any atom is -0.450 e. The zero-order valence-electron chi connectivity index (χ0n) is 11.9. The van der Waals surface area contributed by atoms with E-state index in [1.54, 1.807) is 11.8 Å². The molecule has 1 amide bonds. The van der Waals surface area contributed by atoms with Crippen molar-refractivity contribution >= 4 is 11.8 Å². The number of carbonyl (C=O) groups excluding carboxylic acids is 1. The number of carbonyl (C=O) groups is 1. The van der Waals surface area contributed by atoms with Crippen LogP contribution >= 0.6 is 0 Å². The Morgan fingerprint density at radius 3 is 2.37 bits per heavy atom. The molecule has 1 aromatic carbocycles. The molecule has 0 saturated heterocycles. The first kappa shape index (κ1) is 15.3. The normalized spacial score (nSPS) is 10.1. The van der Waals surface area contributed by atoms with Gasteiger partial charge in [-0.2, -0.15) is 0 Å². The van der Waals surface area contributed by atoms with Gasteiger partial charge in [-0.3, -0.25) is 0 Å². The van der Waals surface area contributed by atoms with Crippen LogP contribution in [0.3, 0.4) is 0 Å². The summed E-state index contributed by atoms with van der Waals surface area (Å²) in [5.41, 5.74) is 7.72. The molecule has 5 heteroatoms. The van der Waals surface area contributed by atoms with Crippen molar-refractivity contribution in [2.75, 3.05) is 38.7 Å². The highest BCUT2D eigenvalue weighted by Crippen LogP contribution is 2.14. The van der Waals surface area contributed by atoms with Crippen molar-refractivity contribution in [2.24, 2.45) is 5.73 Å². The molecule has 0 fully saturated rings. The molecular formula is C14H23N3O2. The first-order valence-electron chi connectivity index (χ1n) is 6.46. The third-order valence-corrected chi connectivity index (χ3v) is 2.75. The molecule has 106 valence electrons. The van der Waals surface area contributed by atoms with E-state index in [2.05, 4.69) is 0 Å². The first-order chi connectivity index (χ1) is 9.08. The summed E-state index contributed by atoms with van der Waals surface area (Å²) in [6, 6.07) is 8.08. The second-order valence-corrected chi connectivity index (χ2v) is 4.47. The number of hydrogen-bond donors (Lipinski definition) is 1. The lowest BCUT2D eigenvalue weighted by molar-refractivity contribution is 0.106. The van der Waals surface area contributed by atoms with Gasteiger partial charge in [0.15, 0.2) is 0 Å². The van der Waals surface area contributed by atoms with Crippen LogP contribution in [0.4, 0.5) is 10.5 Å². The SMILES string of the molecule is CCOC(=O)N(CCN)Cc1ccc(N(C)C)cc1. The highest BCUT2D eigenvalue weighted by Gasteiger charge is 2.13. The molecule has 0 bridgehead atoms. The Morgan fingerprint density at radius 2 is 1.89 bits per heavy atom. The van der Waals surface area contributed by atoms with Crippen LogP contribution in [0, 0.1) is 0 Å². The van der Waals surface area contributed by atoms with Gasteiger partial charge in [0.2, 0.25) is 0 Å². The van der Waals surface area contributed by atoms with Crippen LogP contribution in [0.5, 0.6) is 0 Å². The molecule has 19 heavy (non-hydrogen) atoms. The molecule has 0 aromatic heterocycles. The third-order valence-electron chi connectivity index (χ3n) is 2.75. The zero-order chi connectivity index (χ0) is 14.3. The highest BCUT2D eigenvalue weighted by atomic mass is 16.6. The fraction of sp³-hybridized carbons (Fsp3) is 0.500. The van der Waals surface area contributed by atoms with Gasteiger partial charge < -0.3 is 20.3 Å². The summed E-state index contributed by atoms with van der Waals surface area (Å²) in [4.78, 5) is 15.4. The van der Waals surface area contributed by atoms with Crippen LogP contribution in [0.2, 0.25) is 0 Å². The van der Waals surface area contributed by atoms with Crippen LogP contribution in [0.15, 0.2) is 24.3 Å². The van der Waals surface area contributed by atoms with Crippen molar-refractivity contribution in [3.05, 3.63) is 29.8 Å². The van der Waals surface area contributed by atoms with Gasteiger partial charge in [-0.25, -0.2) is 4.79 Å². The third kappa shape index (κ3) is 4.79. The molecule has 0 spiro atoms. The molecule has 0 aliphatic rings. The minimum absolute atomic E-state index is 0.315. The lowest BCUT2D eigenvalue weighted by Crippen LogP contribution is -2.35. The molecule has 0 aliphatic carbocycles. The Balaban J connectivity index is 2.70. The van der Waals surface area contributed by atoms with Gasteiger partial charge in [-0.15, -0.1) is 0 Å². The number of rotatable bonds is 6. The maximum atomic E-state index is 11.8. The summed E-state index contributed by atoms with van der Waals surface area (Å²) in [5, 5.41) is 0. The summed E-state index contributed by atoms with van der Waals surface area (Å²) in [6.07, 6.45) is -0.315. The molecule has 1 rings (SSSR count). The largest absolute Gasteiger partial charge is 0.450 e. The van der Waals surface area contributed by atoms with E-state index in [1.165, 1.54) is 0 Å². The Bertz CT molecular complexity index is 390. The van der Waals surface area contributed by atoms with E-state index in [9.17, 15) is 4.79 Å². The minimum atomic E-state index is -0.315. The lowest BCUT2D eigenvalue weighted by Gasteiger charge is -2.21. The van der Waals surface area contributed by atoms with E-state index < -0.39 is 0 Å². The van der Waals surface area contributed by atoms with Crippen LogP contribution in [0.25, 0.3) is 0 Å². The molecular weight excluding hydrogens is 242 g/mol. The van der Waals surface area contributed by atoms with E-state index in [-0.39, 0.29) is 6.09 Å². The van der Waals surface area contributed by atoms with Gasteiger partial charge in [-0.1, -0.05) is 12.1 Å². The number of nitrogens with two attached hydrogens (primary N) is 1. The zero-order valence-corrected chi connectivity index (χ0v) is 11.9. The average Bonchev–Trinajstić information content (AvgIpc) is 2.39. The maximum absolute atomic E-state index is 11.8. The predicted octanol–water partition coefficient (Wildman–Crippen LogP) is 1.67. The van der Waals surface area contributed by atoms with Crippen LogP contribution in [0.1, 0.15) is 12.5 Å². The van der Waals surface area contributed by atoms with Crippen molar-refractivity contribution in [1.82, 2.24) is 4.90 Å². The van der Waals surface area contributed by atoms with E-state index in [4.69, 9.17) is 10.5 Å². The Kier molecular flexibility index (Phi) is 6.15. The summed E-state index contributed by atoms with van der Waals surface area (Å²) in [6.45, 7) is 3.61. The molecule has 5 nitrogen and oxygen atoms in total. The lowest BCUT2D eigenvalue weighted by atomic mass is 10.2. The Morgan fingerprint density at radius 1 is 1.26 bits per heavy atom. The standard InChI is InChI=1S/C14H23N3O2/c1-4-19-14(18)17(10-9-15)11-12-5-7-13(8-6-12)16(2)3/h5-8H,4,9-11,15H2,1-3H3. The van der Waals surface area contributed by atoms with Crippen molar-refractivity contribution in [3.63, 3.8) is 0 Å². The molecule has 0 aliphatic heterocycles. The number of amides is 1. The van der Waals surface area contributed by atoms with Gasteiger partial charge in [0, 0.05) is 39.4 Å². The van der Waals surface area contributed by atoms with Crippen molar-refractivity contribution in [2.45, 2.75) is 13.5 Å². The number of benzene rings is 1. The molecule has 0 unspecified atom stereocenters. The van der Waals surface area contributed by atoms with Gasteiger partial charge >= 0.3 is 6.09 Å². The first-order valence-corrected chi connectivity index (χ1v) is 6.46. The molecule has 1 aromatic rings. The Labute approximate surface area is 114 Å². The quantitative estimate of drug-likeness (QED) is 0.850. The monoisotopic (exact) mass is 265 g/mol. The number of nitrogens with zero attached hydrogens (tertiary/aromatic N) is 2. The highest BCUT2D eigenvalue weighted by molar-refractivity contribution is 5.67. The molecule has 0 heterocycles. The van der Waals surface area contributed by atoms with Crippen molar-refractivity contribution in [3.8, 4) is 0 Å². The van der Waals surface area contributed by atoms with E-state index >= 15 is 0 Å². The van der Waals surface area contributed by atoms with Gasteiger partial charge in [0.25, 0.3) is 0 Å². The molecule has 0 atom stereocenters. The maximum Gasteiger partial charge on any atom is 0.410 e. The summed E-state index contributed by atoms with van der Waals surface area (Å²) < 4.78 is 5.01. The average molecular weight is 265 g/mol. The van der Waals surface area contributed by atoms with Crippen LogP contribution < -0.4 is 10.6 Å².